The van der Waals surface area contributed by atoms with Crippen molar-refractivity contribution in [1.82, 2.24) is 15.0 Å². The molecule has 9 nitrogen and oxygen atoms in total. The summed E-state index contributed by atoms with van der Waals surface area (Å²) >= 11 is 0. The Balaban J connectivity index is 2.52. The number of H-pyrrole nitrogens is 1. The summed E-state index contributed by atoms with van der Waals surface area (Å²) in [5, 5.41) is 19.1. The fraction of sp³-hybridized carbons (Fsp3) is 0.636. The molecule has 0 amide bonds. The van der Waals surface area contributed by atoms with E-state index in [-0.39, 0.29) is 19.6 Å². The second-order valence-corrected chi connectivity index (χ2v) is 4.88. The number of nitrogens with zero attached hydrogens (tertiary/aromatic N) is 1. The molecule has 1 fully saturated rings. The van der Waals surface area contributed by atoms with Crippen LogP contribution in [0.5, 0.6) is 0 Å². The molecular formula is C11H18N4O5. The number of aryl methyl sites for hydroxylation is 1. The number of hydrogen-bond acceptors (Lipinski definition) is 7. The van der Waals surface area contributed by atoms with Crippen molar-refractivity contribution in [2.45, 2.75) is 31.3 Å². The van der Waals surface area contributed by atoms with Gasteiger partial charge in [-0.1, -0.05) is 0 Å². The van der Waals surface area contributed by atoms with Gasteiger partial charge in [0.25, 0.3) is 5.56 Å². The Bertz CT molecular complexity index is 597. The predicted molar refractivity (Wildman–Crippen MR) is 68.8 cm³/mol. The van der Waals surface area contributed by atoms with Gasteiger partial charge in [0, 0.05) is 18.2 Å². The summed E-state index contributed by atoms with van der Waals surface area (Å²) in [5.41, 5.74) is 0.323. The first-order chi connectivity index (χ1) is 9.43. The number of aromatic amines is 1. The monoisotopic (exact) mass is 286 g/mol. The van der Waals surface area contributed by atoms with E-state index in [1.54, 1.807) is 6.92 Å². The van der Waals surface area contributed by atoms with E-state index in [9.17, 15) is 14.7 Å². The van der Waals surface area contributed by atoms with Crippen LogP contribution in [0.3, 0.4) is 0 Å². The van der Waals surface area contributed by atoms with E-state index in [4.69, 9.17) is 15.7 Å². The highest BCUT2D eigenvalue weighted by Gasteiger charge is 2.47. The van der Waals surface area contributed by atoms with Crippen LogP contribution in [0, 0.1) is 6.92 Å². The Morgan fingerprint density at radius 3 is 2.90 bits per heavy atom. The van der Waals surface area contributed by atoms with E-state index in [1.807, 2.05) is 0 Å². The smallest absolute Gasteiger partial charge is 0.330 e. The van der Waals surface area contributed by atoms with Gasteiger partial charge in [0.15, 0.2) is 5.72 Å². The number of aliphatic hydroxyl groups is 2. The molecule has 2 rings (SSSR count). The van der Waals surface area contributed by atoms with Crippen LogP contribution in [0.15, 0.2) is 15.8 Å². The summed E-state index contributed by atoms with van der Waals surface area (Å²) in [6.45, 7) is 1.20. The molecule has 0 aromatic carbocycles. The first-order valence-electron chi connectivity index (χ1n) is 6.17. The Morgan fingerprint density at radius 1 is 1.65 bits per heavy atom. The maximum atomic E-state index is 12.0. The van der Waals surface area contributed by atoms with E-state index in [1.165, 1.54) is 10.8 Å². The molecule has 6 N–H and O–H groups in total. The second-order valence-electron chi connectivity index (χ2n) is 4.88. The zero-order valence-corrected chi connectivity index (χ0v) is 11.0. The summed E-state index contributed by atoms with van der Waals surface area (Å²) in [6.07, 6.45) is -0.339. The standard InChI is InChI=1S/C11H18N4O5/c1-6-3-15(10(19)14-9(6)18)11(5-13-12)2-7(17)8(4-16)20-11/h3,7-8,13,16-17H,2,4-5,12H2,1H3,(H,14,18,19)/t7-,8+,11-/m0/s1. The van der Waals surface area contributed by atoms with Crippen molar-refractivity contribution >= 4 is 0 Å². The SMILES string of the molecule is Cc1cn([C@@]2(CNN)C[C@H](O)[C@@H](CO)O2)c(=O)[nH]c1=O. The highest BCUT2D eigenvalue weighted by molar-refractivity contribution is 5.05. The lowest BCUT2D eigenvalue weighted by molar-refractivity contribution is -0.117. The second kappa shape index (κ2) is 5.46. The van der Waals surface area contributed by atoms with Crippen molar-refractivity contribution in [3.05, 3.63) is 32.6 Å². The molecule has 112 valence electrons. The van der Waals surface area contributed by atoms with Gasteiger partial charge in [-0.25, -0.2) is 4.79 Å². The van der Waals surface area contributed by atoms with E-state index in [2.05, 4.69) is 10.4 Å². The molecule has 0 saturated carbocycles. The van der Waals surface area contributed by atoms with Crippen molar-refractivity contribution in [2.75, 3.05) is 13.2 Å². The first kappa shape index (κ1) is 14.9. The first-order valence-corrected chi connectivity index (χ1v) is 6.17. The minimum Gasteiger partial charge on any atom is -0.394 e. The lowest BCUT2D eigenvalue weighted by atomic mass is 10.1. The number of ether oxygens (including phenoxy) is 1. The summed E-state index contributed by atoms with van der Waals surface area (Å²) in [5.74, 6) is 5.32. The average molecular weight is 286 g/mol. The summed E-state index contributed by atoms with van der Waals surface area (Å²) < 4.78 is 6.79. The van der Waals surface area contributed by atoms with Crippen LogP contribution in [0.2, 0.25) is 0 Å². The van der Waals surface area contributed by atoms with Crippen LogP contribution in [0.1, 0.15) is 12.0 Å². The molecular weight excluding hydrogens is 268 g/mol. The topological polar surface area (TPSA) is 143 Å². The van der Waals surface area contributed by atoms with Gasteiger partial charge in [-0.05, 0) is 6.92 Å². The highest BCUT2D eigenvalue weighted by Crippen LogP contribution is 2.33. The molecule has 1 aromatic heterocycles. The highest BCUT2D eigenvalue weighted by atomic mass is 16.6. The van der Waals surface area contributed by atoms with Crippen LogP contribution in [-0.4, -0.2) is 45.1 Å². The number of nitrogens with two attached hydrogens (primary N) is 1. The molecule has 0 radical (unpaired) electrons. The predicted octanol–water partition coefficient (Wildman–Crippen LogP) is -2.90. The number of nitrogens with one attached hydrogen (secondary N) is 2. The number of hydrazine groups is 1. The van der Waals surface area contributed by atoms with Gasteiger partial charge in [0.2, 0.25) is 0 Å². The Morgan fingerprint density at radius 2 is 2.35 bits per heavy atom. The van der Waals surface area contributed by atoms with Crippen molar-refractivity contribution in [2.24, 2.45) is 5.84 Å². The molecule has 1 aliphatic heterocycles. The Kier molecular flexibility index (Phi) is 4.06. The van der Waals surface area contributed by atoms with E-state index < -0.39 is 29.2 Å². The zero-order chi connectivity index (χ0) is 14.9. The normalized spacial score (nSPS) is 29.8. The molecule has 3 atom stereocenters. The lowest BCUT2D eigenvalue weighted by Crippen LogP contribution is -2.51. The molecule has 9 heteroatoms. The molecule has 0 spiro atoms. The third-order valence-corrected chi connectivity index (χ3v) is 3.45. The van der Waals surface area contributed by atoms with Crippen LogP contribution in [-0.2, 0) is 10.5 Å². The van der Waals surface area contributed by atoms with Crippen LogP contribution in [0.4, 0.5) is 0 Å². The number of hydrogen-bond donors (Lipinski definition) is 5. The molecule has 1 aliphatic rings. The van der Waals surface area contributed by atoms with E-state index in [0.29, 0.717) is 5.56 Å². The lowest BCUT2D eigenvalue weighted by Gasteiger charge is -2.30. The van der Waals surface area contributed by atoms with Crippen molar-refractivity contribution < 1.29 is 14.9 Å². The minimum atomic E-state index is -1.26. The van der Waals surface area contributed by atoms with Gasteiger partial charge in [-0.3, -0.25) is 25.6 Å². The van der Waals surface area contributed by atoms with Crippen molar-refractivity contribution in [3.63, 3.8) is 0 Å². The van der Waals surface area contributed by atoms with Crippen LogP contribution in [0.25, 0.3) is 0 Å². The Labute approximate surface area is 114 Å². The van der Waals surface area contributed by atoms with Gasteiger partial charge in [-0.2, -0.15) is 0 Å². The Hall–Kier alpha value is -1.52. The molecule has 0 aliphatic carbocycles. The minimum absolute atomic E-state index is 0.0337. The van der Waals surface area contributed by atoms with E-state index >= 15 is 0 Å². The van der Waals surface area contributed by atoms with Gasteiger partial charge in [0.05, 0.1) is 19.3 Å². The fourth-order valence-electron chi connectivity index (χ4n) is 2.41. The van der Waals surface area contributed by atoms with Crippen molar-refractivity contribution in [3.8, 4) is 0 Å². The average Bonchev–Trinajstić information content (AvgIpc) is 2.71. The molecule has 20 heavy (non-hydrogen) atoms. The molecule has 2 heterocycles. The maximum Gasteiger partial charge on any atom is 0.330 e. The van der Waals surface area contributed by atoms with Gasteiger partial charge in [-0.15, -0.1) is 0 Å². The number of rotatable bonds is 4. The number of aliphatic hydroxyl groups excluding tert-OH is 2. The summed E-state index contributed by atoms with van der Waals surface area (Å²) in [4.78, 5) is 25.6. The zero-order valence-electron chi connectivity index (χ0n) is 11.0. The molecule has 1 saturated heterocycles. The number of aromatic nitrogens is 2. The van der Waals surface area contributed by atoms with Crippen molar-refractivity contribution in [1.29, 1.82) is 0 Å². The summed E-state index contributed by atoms with van der Waals surface area (Å²) in [7, 11) is 0. The molecule has 0 unspecified atom stereocenters. The fourth-order valence-corrected chi connectivity index (χ4v) is 2.41. The van der Waals surface area contributed by atoms with Crippen LogP contribution < -0.4 is 22.5 Å². The van der Waals surface area contributed by atoms with Gasteiger partial charge in [0.1, 0.15) is 6.10 Å². The maximum absolute atomic E-state index is 12.0. The largest absolute Gasteiger partial charge is 0.394 e. The molecule has 1 aromatic rings. The molecule has 0 bridgehead atoms. The van der Waals surface area contributed by atoms with Gasteiger partial charge >= 0.3 is 5.69 Å². The van der Waals surface area contributed by atoms with E-state index in [0.717, 1.165) is 0 Å². The third kappa shape index (κ3) is 2.41. The summed E-state index contributed by atoms with van der Waals surface area (Å²) in [6, 6.07) is 0. The van der Waals surface area contributed by atoms with Gasteiger partial charge < -0.3 is 14.9 Å². The third-order valence-electron chi connectivity index (χ3n) is 3.45. The van der Waals surface area contributed by atoms with Crippen LogP contribution >= 0.6 is 0 Å². The quantitative estimate of drug-likeness (QED) is 0.295.